The van der Waals surface area contributed by atoms with Crippen LogP contribution in [0.15, 0.2) is 54.6 Å². The fraction of sp³-hybridized carbons (Fsp3) is 0.444. The maximum absolute atomic E-state index is 13.6. The molecule has 3 N–H and O–H groups in total. The number of benzene rings is 2. The maximum atomic E-state index is 13.6. The summed E-state index contributed by atoms with van der Waals surface area (Å²) in [6.45, 7) is 6.10. The van der Waals surface area contributed by atoms with E-state index in [-0.39, 0.29) is 30.7 Å². The number of aryl methyl sites for hydroxylation is 1. The molecule has 3 atom stereocenters. The lowest BCUT2D eigenvalue weighted by Gasteiger charge is -2.33. The number of nitrogens with one attached hydrogen (secondary N) is 2. The Balaban J connectivity index is 1.77. The first kappa shape index (κ1) is 28.8. The van der Waals surface area contributed by atoms with Gasteiger partial charge in [0.25, 0.3) is 5.91 Å². The minimum absolute atomic E-state index is 0.00439. The van der Waals surface area contributed by atoms with E-state index in [1.165, 1.54) is 16.7 Å². The van der Waals surface area contributed by atoms with Gasteiger partial charge >= 0.3 is 6.09 Å². The Kier molecular flexibility index (Phi) is 10.3. The van der Waals surface area contributed by atoms with E-state index in [2.05, 4.69) is 10.6 Å². The summed E-state index contributed by atoms with van der Waals surface area (Å²) in [6.07, 6.45) is -2.18. The van der Waals surface area contributed by atoms with E-state index in [1.807, 2.05) is 75.4 Å². The molecule has 37 heavy (non-hydrogen) atoms. The minimum atomic E-state index is -1.59. The largest absolute Gasteiger partial charge is 0.448 e. The second kappa shape index (κ2) is 13.2. The van der Waals surface area contributed by atoms with Gasteiger partial charge in [0.1, 0.15) is 12.6 Å². The molecule has 0 saturated carbocycles. The Morgan fingerprint density at radius 1 is 1.16 bits per heavy atom. The van der Waals surface area contributed by atoms with Crippen molar-refractivity contribution in [3.05, 3.63) is 71.3 Å². The van der Waals surface area contributed by atoms with Gasteiger partial charge in [-0.15, -0.1) is 23.4 Å². The lowest BCUT2D eigenvalue weighted by Crippen LogP contribution is -2.58. The number of thioether (sulfide) groups is 1. The summed E-state index contributed by atoms with van der Waals surface area (Å²) >= 11 is 7.06. The highest BCUT2D eigenvalue weighted by atomic mass is 35.5. The number of halogens is 1. The van der Waals surface area contributed by atoms with Crippen molar-refractivity contribution >= 4 is 41.3 Å². The smallest absolute Gasteiger partial charge is 0.407 e. The molecule has 0 spiro atoms. The van der Waals surface area contributed by atoms with E-state index in [1.54, 1.807) is 0 Å². The third kappa shape index (κ3) is 7.63. The average Bonchev–Trinajstić information content (AvgIpc) is 3.21. The second-order valence-corrected chi connectivity index (χ2v) is 11.4. The van der Waals surface area contributed by atoms with Gasteiger partial charge in [0, 0.05) is 11.3 Å². The van der Waals surface area contributed by atoms with Gasteiger partial charge in [-0.05, 0) is 43.9 Å². The molecule has 1 saturated heterocycles. The zero-order valence-corrected chi connectivity index (χ0v) is 22.8. The van der Waals surface area contributed by atoms with Gasteiger partial charge in [-0.3, -0.25) is 9.59 Å². The summed E-state index contributed by atoms with van der Waals surface area (Å²) in [6, 6.07) is 15.2. The summed E-state index contributed by atoms with van der Waals surface area (Å²) in [5.41, 5.74) is 2.86. The van der Waals surface area contributed by atoms with Crippen LogP contribution >= 0.6 is 23.4 Å². The SMILES string of the molecule is Cc1ccccc1CNC(=O)[C@H]1N(C(=O)[C@@H](O)[C@H](Cc2ccccc2)NC(=O)OCCCl)CSC1(C)C. The molecule has 1 aliphatic heterocycles. The normalized spacial score (nSPS) is 18.1. The number of hydrogen-bond acceptors (Lipinski definition) is 6. The monoisotopic (exact) mass is 547 g/mol. The lowest BCUT2D eigenvalue weighted by molar-refractivity contribution is -0.147. The van der Waals surface area contributed by atoms with Crippen LogP contribution in [-0.2, 0) is 27.3 Å². The lowest BCUT2D eigenvalue weighted by atomic mass is 9.97. The van der Waals surface area contributed by atoms with Gasteiger partial charge in [0.2, 0.25) is 5.91 Å². The predicted molar refractivity (Wildman–Crippen MR) is 145 cm³/mol. The summed E-state index contributed by atoms with van der Waals surface area (Å²) in [4.78, 5) is 40.6. The maximum Gasteiger partial charge on any atom is 0.407 e. The van der Waals surface area contributed by atoms with Crippen LogP contribution in [0.2, 0.25) is 0 Å². The zero-order valence-electron chi connectivity index (χ0n) is 21.3. The second-order valence-electron chi connectivity index (χ2n) is 9.44. The Morgan fingerprint density at radius 2 is 1.84 bits per heavy atom. The van der Waals surface area contributed by atoms with E-state index >= 15 is 0 Å². The van der Waals surface area contributed by atoms with Gasteiger partial charge in [-0.25, -0.2) is 4.79 Å². The minimum Gasteiger partial charge on any atom is -0.448 e. The van der Waals surface area contributed by atoms with Crippen molar-refractivity contribution in [2.24, 2.45) is 0 Å². The number of aliphatic hydroxyl groups is 1. The Labute approximate surface area is 227 Å². The van der Waals surface area contributed by atoms with Crippen molar-refractivity contribution in [2.45, 2.75) is 56.7 Å². The molecule has 1 heterocycles. The number of carbonyl (C=O) groups excluding carboxylic acids is 3. The summed E-state index contributed by atoms with van der Waals surface area (Å²) < 4.78 is 4.43. The number of carbonyl (C=O) groups is 3. The number of amides is 3. The molecule has 200 valence electrons. The van der Waals surface area contributed by atoms with E-state index < -0.39 is 34.9 Å². The highest BCUT2D eigenvalue weighted by Gasteiger charge is 2.49. The first-order valence-electron chi connectivity index (χ1n) is 12.1. The van der Waals surface area contributed by atoms with E-state index in [9.17, 15) is 19.5 Å². The molecule has 0 radical (unpaired) electrons. The molecule has 8 nitrogen and oxygen atoms in total. The van der Waals surface area contributed by atoms with Crippen LogP contribution in [0.4, 0.5) is 4.79 Å². The van der Waals surface area contributed by atoms with Crippen molar-refractivity contribution < 1.29 is 24.2 Å². The predicted octanol–water partition coefficient (Wildman–Crippen LogP) is 3.23. The Bertz CT molecular complexity index is 1080. The number of alkyl carbamates (subject to hydrolysis) is 1. The summed E-state index contributed by atoms with van der Waals surface area (Å²) in [5, 5.41) is 16.7. The summed E-state index contributed by atoms with van der Waals surface area (Å²) in [7, 11) is 0. The van der Waals surface area contributed by atoms with Gasteiger partial charge in [0.15, 0.2) is 6.10 Å². The number of aliphatic hydroxyl groups excluding tert-OH is 1. The van der Waals surface area contributed by atoms with Crippen molar-refractivity contribution in [1.82, 2.24) is 15.5 Å². The van der Waals surface area contributed by atoms with Gasteiger partial charge in [-0.1, -0.05) is 54.6 Å². The van der Waals surface area contributed by atoms with Gasteiger partial charge < -0.3 is 25.4 Å². The van der Waals surface area contributed by atoms with Crippen LogP contribution < -0.4 is 10.6 Å². The standard InChI is InChI=1S/C27H34ClN3O5S/c1-18-9-7-8-12-20(18)16-29-24(33)23-27(2,3)37-17-31(23)25(34)22(32)21(30-26(35)36-14-13-28)15-19-10-5-4-6-11-19/h4-12,21-23,32H,13-17H2,1-3H3,(H,29,33)(H,30,35)/t21-,22-,23+/m0/s1. The van der Waals surface area contributed by atoms with Gasteiger partial charge in [0.05, 0.1) is 17.8 Å². The molecule has 0 unspecified atom stereocenters. The van der Waals surface area contributed by atoms with Crippen LogP contribution in [0.3, 0.4) is 0 Å². The average molecular weight is 548 g/mol. The van der Waals surface area contributed by atoms with E-state index in [4.69, 9.17) is 16.3 Å². The van der Waals surface area contributed by atoms with Crippen LogP contribution in [0.25, 0.3) is 0 Å². The van der Waals surface area contributed by atoms with Crippen LogP contribution in [0.1, 0.15) is 30.5 Å². The van der Waals surface area contributed by atoms with Crippen molar-refractivity contribution in [2.75, 3.05) is 18.4 Å². The number of hydrogen-bond donors (Lipinski definition) is 3. The molecule has 0 aromatic heterocycles. The first-order chi connectivity index (χ1) is 17.6. The molecular weight excluding hydrogens is 514 g/mol. The number of ether oxygens (including phenoxy) is 1. The summed E-state index contributed by atoms with van der Waals surface area (Å²) in [5.74, 6) is -0.571. The molecule has 1 fully saturated rings. The fourth-order valence-electron chi connectivity index (χ4n) is 4.28. The molecule has 3 amide bonds. The molecule has 1 aliphatic rings. The topological polar surface area (TPSA) is 108 Å². The molecule has 3 rings (SSSR count). The number of rotatable bonds is 10. The third-order valence-corrected chi connectivity index (χ3v) is 7.87. The first-order valence-corrected chi connectivity index (χ1v) is 13.6. The highest BCUT2D eigenvalue weighted by Crippen LogP contribution is 2.40. The Morgan fingerprint density at radius 3 is 2.51 bits per heavy atom. The van der Waals surface area contributed by atoms with Crippen LogP contribution in [-0.4, -0.2) is 69.2 Å². The van der Waals surface area contributed by atoms with Crippen molar-refractivity contribution in [1.29, 1.82) is 0 Å². The number of alkyl halides is 1. The van der Waals surface area contributed by atoms with Gasteiger partial charge in [-0.2, -0.15) is 0 Å². The highest BCUT2D eigenvalue weighted by molar-refractivity contribution is 8.00. The molecule has 10 heteroatoms. The quantitative estimate of drug-likeness (QED) is 0.394. The molecular formula is C27H34ClN3O5S. The molecule has 2 aromatic rings. The number of nitrogens with zero attached hydrogens (tertiary/aromatic N) is 1. The van der Waals surface area contributed by atoms with Crippen molar-refractivity contribution in [3.63, 3.8) is 0 Å². The fourth-order valence-corrected chi connectivity index (χ4v) is 5.49. The Hall–Kier alpha value is -2.75. The zero-order chi connectivity index (χ0) is 27.0. The van der Waals surface area contributed by atoms with E-state index in [0.717, 1.165) is 16.7 Å². The van der Waals surface area contributed by atoms with Crippen LogP contribution in [0, 0.1) is 6.92 Å². The molecule has 0 bridgehead atoms. The third-order valence-electron chi connectivity index (χ3n) is 6.34. The van der Waals surface area contributed by atoms with Crippen LogP contribution in [0.5, 0.6) is 0 Å². The molecule has 2 aromatic carbocycles. The van der Waals surface area contributed by atoms with E-state index in [0.29, 0.717) is 6.54 Å². The molecule has 0 aliphatic carbocycles. The van der Waals surface area contributed by atoms with Crippen molar-refractivity contribution in [3.8, 4) is 0 Å².